The second-order valence-electron chi connectivity index (χ2n) is 30.8. The highest BCUT2D eigenvalue weighted by molar-refractivity contribution is 5.65. The Kier molecular flexibility index (Phi) is 29.0. The van der Waals surface area contributed by atoms with Crippen molar-refractivity contribution in [1.29, 1.82) is 5.26 Å². The third kappa shape index (κ3) is 21.6. The lowest BCUT2D eigenvalue weighted by Crippen LogP contribution is -2.12. The van der Waals surface area contributed by atoms with E-state index >= 15 is 0 Å². The smallest absolute Gasteiger partial charge is 0.164 e. The monoisotopic (exact) mass is 1720 g/mol. The van der Waals surface area contributed by atoms with E-state index in [9.17, 15) is 34.5 Å². The zero-order chi connectivity index (χ0) is 91.0. The van der Waals surface area contributed by atoms with Crippen LogP contribution in [-0.4, -0.2) is 131 Å². The Bertz CT molecular complexity index is 6650. The fourth-order valence-electron chi connectivity index (χ4n) is 14.0. The minimum atomic E-state index is -0.894. The summed E-state index contributed by atoms with van der Waals surface area (Å²) >= 11 is 0. The number of imidazole rings is 4. The zero-order valence-electron chi connectivity index (χ0n) is 73.5. The molecule has 3 aromatic carbocycles. The lowest BCUT2D eigenvalue weighted by molar-refractivity contribution is 0.276. The van der Waals surface area contributed by atoms with Crippen molar-refractivity contribution in [2.45, 2.75) is 148 Å². The molecule has 0 saturated heterocycles. The lowest BCUT2D eigenvalue weighted by Gasteiger charge is -2.19. The van der Waals surface area contributed by atoms with Crippen LogP contribution in [0.4, 0.5) is 32.1 Å². The van der Waals surface area contributed by atoms with Gasteiger partial charge in [-0.25, -0.2) is 48.7 Å². The number of halogens is 2. The Morgan fingerprint density at radius 3 is 1.04 bits per heavy atom. The average molecular weight is 1720 g/mol. The molecule has 0 aliphatic heterocycles. The molecule has 652 valence electrons. The van der Waals surface area contributed by atoms with Gasteiger partial charge >= 0.3 is 0 Å². The number of hydrogen-bond donors (Lipinski definition) is 8. The molecule has 8 N–H and O–H groups in total. The molecule has 16 aromatic rings. The van der Waals surface area contributed by atoms with Crippen LogP contribution in [0.25, 0.3) is 68.3 Å². The van der Waals surface area contributed by atoms with Gasteiger partial charge in [0.1, 0.15) is 28.5 Å². The fraction of sp³-hybridized carbons (Fsp3) is 0.242. The maximum absolute atomic E-state index is 14.1. The molecular weight excluding hydrogens is 1620 g/mol. The van der Waals surface area contributed by atoms with E-state index in [4.69, 9.17) is 4.74 Å². The van der Waals surface area contributed by atoms with Gasteiger partial charge in [-0.05, 0) is 233 Å². The van der Waals surface area contributed by atoms with Crippen LogP contribution in [0.5, 0.6) is 5.75 Å². The van der Waals surface area contributed by atoms with Crippen molar-refractivity contribution in [3.8, 4) is 80.1 Å². The van der Waals surface area contributed by atoms with E-state index in [1.165, 1.54) is 12.1 Å². The summed E-state index contributed by atoms with van der Waals surface area (Å²) in [5.41, 5.74) is 23.2. The second-order valence-corrected chi connectivity index (χ2v) is 30.8. The first kappa shape index (κ1) is 90.5. The van der Waals surface area contributed by atoms with Crippen LogP contribution in [0.3, 0.4) is 0 Å². The van der Waals surface area contributed by atoms with Crippen LogP contribution in [0.15, 0.2) is 202 Å². The largest absolute Gasteiger partial charge is 0.496 e. The molecule has 0 spiro atoms. The number of aromatic nitrogens is 21. The second kappa shape index (κ2) is 41.0. The lowest BCUT2D eigenvalue weighted by atomic mass is 10.0. The molecule has 0 radical (unpaired) electrons. The summed E-state index contributed by atoms with van der Waals surface area (Å²) < 4.78 is 40.5. The summed E-state index contributed by atoms with van der Waals surface area (Å²) in [6, 6.07) is 45.9. The Labute approximate surface area is 739 Å². The Morgan fingerprint density at radius 1 is 0.367 bits per heavy atom. The van der Waals surface area contributed by atoms with Gasteiger partial charge < -0.3 is 64.7 Å². The van der Waals surface area contributed by atoms with E-state index in [0.29, 0.717) is 97.2 Å². The van der Waals surface area contributed by atoms with Gasteiger partial charge in [-0.2, -0.15) is 5.26 Å². The van der Waals surface area contributed by atoms with Crippen molar-refractivity contribution in [2.24, 2.45) is 0 Å². The summed E-state index contributed by atoms with van der Waals surface area (Å²) in [4.78, 5) is 39.7. The highest BCUT2D eigenvalue weighted by Gasteiger charge is 2.23. The molecule has 4 atom stereocenters. The Hall–Kier alpha value is -15.2. The number of benzene rings is 3. The molecule has 0 unspecified atom stereocenters. The summed E-state index contributed by atoms with van der Waals surface area (Å²) in [5, 5.41) is 96.6. The van der Waals surface area contributed by atoms with E-state index in [1.54, 1.807) is 62.1 Å². The van der Waals surface area contributed by atoms with Crippen LogP contribution in [-0.2, 0) is 26.4 Å². The molecule has 31 nitrogen and oxygen atoms in total. The van der Waals surface area contributed by atoms with Gasteiger partial charge in [0.25, 0.3) is 0 Å². The van der Waals surface area contributed by atoms with Crippen LogP contribution in [0.1, 0.15) is 159 Å². The maximum atomic E-state index is 14.1. The molecule has 0 amide bonds. The van der Waals surface area contributed by atoms with Gasteiger partial charge in [0.05, 0.1) is 191 Å². The summed E-state index contributed by atoms with van der Waals surface area (Å²) in [6.07, 6.45) is 16.1. The van der Waals surface area contributed by atoms with Crippen molar-refractivity contribution < 1.29 is 33.9 Å². The number of anilines is 4. The highest BCUT2D eigenvalue weighted by atomic mass is 19.2. The van der Waals surface area contributed by atoms with Gasteiger partial charge in [0, 0.05) is 42.1 Å². The molecular formula is C95H98F2N26O5. The van der Waals surface area contributed by atoms with Crippen molar-refractivity contribution in [2.75, 3.05) is 28.4 Å². The Morgan fingerprint density at radius 2 is 0.711 bits per heavy atom. The van der Waals surface area contributed by atoms with E-state index in [1.807, 2.05) is 225 Å². The zero-order valence-corrected chi connectivity index (χ0v) is 73.5. The molecule has 128 heavy (non-hydrogen) atoms. The van der Waals surface area contributed by atoms with Crippen molar-refractivity contribution in [3.05, 3.63) is 320 Å². The molecule has 13 aromatic heterocycles. The number of nitriles is 1. The highest BCUT2D eigenvalue weighted by Crippen LogP contribution is 2.34. The van der Waals surface area contributed by atoms with Crippen molar-refractivity contribution in [3.63, 3.8) is 0 Å². The number of aryl methyl sites for hydroxylation is 10. The minimum Gasteiger partial charge on any atom is -0.496 e. The molecule has 33 heteroatoms. The van der Waals surface area contributed by atoms with Crippen LogP contribution in [0, 0.1) is 92.2 Å². The average Bonchev–Trinajstić information content (AvgIpc) is 0.875. The van der Waals surface area contributed by atoms with Crippen molar-refractivity contribution >= 4 is 23.3 Å². The van der Waals surface area contributed by atoms with E-state index in [2.05, 4.69) is 132 Å². The van der Waals surface area contributed by atoms with E-state index in [0.717, 1.165) is 108 Å². The predicted molar refractivity (Wildman–Crippen MR) is 483 cm³/mol. The van der Waals surface area contributed by atoms with Crippen LogP contribution < -0.4 is 26.0 Å². The standard InChI is InChI=1S/C25H28N6O2.C24H23N7O.C23H22F2N6O.C23H25N7O/c1-15-6-7-19(24(10-15)33-5)18(4)27-25-16(2)11-21(29-30-25)20-8-9-23(22(13-32)28-20)31-12-17(3)26-14-31;1-15-10-21(20-8-9-23(22(13-32)28-20)31-12-16(2)26-14-31)29-30-24(15)27-17(3)19-7-5-4-6-18(19)11-25;1-13-9-19(18-7-8-21(20(11-32)28-18)31-10-14(2)26-12-31)29-30-23(13)27-15(3)16-5-4-6-17(24)22(16)25;1-14-5-6-18(24-10-14)17(4)26-23-15(2)9-20(28-29-23)19-7-8-22(21(12-31)27-19)30-11-16(3)25-13-30/h6-12,14,18,32H,13H2,1-5H3,(H,27,30);4-10,12,14,17,32H,13H2,1-3H3,(H,27,30);4-10,12,15,32H,11H2,1-3H3,(H,27,30);5-11,13,17,31H,12H2,1-4H3,(H,26,29)/t18-;17-;15-;17-/m0000/s1. The molecule has 0 aliphatic carbocycles. The summed E-state index contributed by atoms with van der Waals surface area (Å²) in [6.45, 7) is 26.4. The first-order chi connectivity index (χ1) is 61.7. The number of ether oxygens (including phenoxy) is 1. The number of aliphatic hydroxyl groups excluding tert-OH is 4. The topological polar surface area (TPSA) is 401 Å². The molecule has 0 saturated carbocycles. The number of methoxy groups -OCH3 is 1. The number of nitrogens with one attached hydrogen (secondary N) is 4. The number of rotatable bonds is 25. The quantitative estimate of drug-likeness (QED) is 0.0263. The van der Waals surface area contributed by atoms with Gasteiger partial charge in [-0.3, -0.25) is 4.98 Å². The fourth-order valence-corrected chi connectivity index (χ4v) is 14.0. The third-order valence-corrected chi connectivity index (χ3v) is 21.0. The van der Waals surface area contributed by atoms with E-state index < -0.39 is 17.7 Å². The van der Waals surface area contributed by atoms with E-state index in [-0.39, 0.29) is 50.1 Å². The molecule has 0 fully saturated rings. The SMILES string of the molecule is COc1cc(C)ccc1[C@H](C)Nc1nnc(-c2ccc(-n3cnc(C)c3)c(CO)n2)cc1C.Cc1ccc([C@H](C)Nc2nnc(-c3ccc(-n4cnc(C)c4)c(CO)n3)cc2C)nc1.Cc1cn(-c2ccc(-c3cc(C)c(N[C@@H](C)c4cccc(F)c4F)nn3)nc2CO)cn1.Cc1cn(-c2ccc(-c3cc(C)c(N[C@@H](C)c4ccccc4C#N)nn3)nc2CO)cn1. The molecule has 13 heterocycles. The maximum Gasteiger partial charge on any atom is 0.164 e. The minimum absolute atomic E-state index is 0.00325. The number of aliphatic hydroxyl groups is 4. The Balaban J connectivity index is 0.000000146. The molecule has 0 aliphatic rings. The van der Waals surface area contributed by atoms with Gasteiger partial charge in [-0.1, -0.05) is 48.5 Å². The first-order valence-electron chi connectivity index (χ1n) is 41.1. The summed E-state index contributed by atoms with van der Waals surface area (Å²) in [5.74, 6) is 1.55. The first-order valence-corrected chi connectivity index (χ1v) is 41.1. The van der Waals surface area contributed by atoms with Crippen LogP contribution in [0.2, 0.25) is 0 Å². The molecule has 16 rings (SSSR count). The normalized spacial score (nSPS) is 11.9. The summed E-state index contributed by atoms with van der Waals surface area (Å²) in [7, 11) is 1.68. The van der Waals surface area contributed by atoms with Gasteiger partial charge in [-0.15, -0.1) is 40.8 Å². The number of nitrogens with zero attached hydrogens (tertiary/aromatic N) is 22. The third-order valence-electron chi connectivity index (χ3n) is 21.0. The van der Waals surface area contributed by atoms with Gasteiger partial charge in [0.15, 0.2) is 34.9 Å². The van der Waals surface area contributed by atoms with Crippen LogP contribution >= 0.6 is 0 Å². The van der Waals surface area contributed by atoms with Crippen molar-refractivity contribution in [1.82, 2.24) is 104 Å². The predicted octanol–water partition coefficient (Wildman–Crippen LogP) is 16.2. The number of pyridine rings is 5. The molecule has 0 bridgehead atoms. The van der Waals surface area contributed by atoms with Gasteiger partial charge in [0.2, 0.25) is 0 Å². The number of hydrogen-bond acceptors (Lipinski definition) is 27.